The summed E-state index contributed by atoms with van der Waals surface area (Å²) < 4.78 is 0. The monoisotopic (exact) mass is 261 g/mol. The van der Waals surface area contributed by atoms with Gasteiger partial charge >= 0.3 is 0 Å². The Morgan fingerprint density at radius 2 is 2.26 bits per heavy atom. The molecule has 1 aromatic heterocycles. The standard InChI is InChI=1S/C15H23N3O/c1-11(2)7-9-18(12-4-5-12)15(19)13-6-8-17-10-14(13)16-3/h6,8,10-12,16H,4-5,7,9H2,1-3H3. The van der Waals surface area contributed by atoms with Crippen LogP contribution in [0.3, 0.4) is 0 Å². The van der Waals surface area contributed by atoms with Crippen LogP contribution in [0.2, 0.25) is 0 Å². The molecule has 0 saturated heterocycles. The number of anilines is 1. The Morgan fingerprint density at radius 1 is 1.53 bits per heavy atom. The lowest BCUT2D eigenvalue weighted by atomic mass is 10.1. The van der Waals surface area contributed by atoms with Crippen LogP contribution in [0.5, 0.6) is 0 Å². The molecule has 0 aliphatic heterocycles. The maximum atomic E-state index is 12.7. The minimum absolute atomic E-state index is 0.134. The Balaban J connectivity index is 2.14. The van der Waals surface area contributed by atoms with Gasteiger partial charge in [-0.25, -0.2) is 0 Å². The zero-order valence-corrected chi connectivity index (χ0v) is 12.0. The van der Waals surface area contributed by atoms with Crippen molar-refractivity contribution in [3.8, 4) is 0 Å². The van der Waals surface area contributed by atoms with Crippen LogP contribution in [-0.2, 0) is 0 Å². The van der Waals surface area contributed by atoms with Gasteiger partial charge in [-0.2, -0.15) is 0 Å². The van der Waals surface area contributed by atoms with Crippen molar-refractivity contribution in [1.29, 1.82) is 0 Å². The first-order valence-electron chi connectivity index (χ1n) is 7.06. The van der Waals surface area contributed by atoms with E-state index in [0.29, 0.717) is 12.0 Å². The molecule has 1 aliphatic carbocycles. The third-order valence-electron chi connectivity index (χ3n) is 3.52. The molecule has 1 aromatic rings. The summed E-state index contributed by atoms with van der Waals surface area (Å²) in [4.78, 5) is 18.8. The zero-order chi connectivity index (χ0) is 13.8. The van der Waals surface area contributed by atoms with Crippen molar-refractivity contribution in [3.63, 3.8) is 0 Å². The van der Waals surface area contributed by atoms with Gasteiger partial charge in [-0.1, -0.05) is 13.8 Å². The molecule has 4 nitrogen and oxygen atoms in total. The predicted molar refractivity (Wildman–Crippen MR) is 77.3 cm³/mol. The molecule has 0 spiro atoms. The molecule has 1 aliphatic rings. The number of carbonyl (C=O) groups is 1. The van der Waals surface area contributed by atoms with E-state index in [1.54, 1.807) is 18.5 Å². The van der Waals surface area contributed by atoms with Crippen LogP contribution in [-0.4, -0.2) is 35.4 Å². The molecular weight excluding hydrogens is 238 g/mol. The lowest BCUT2D eigenvalue weighted by Crippen LogP contribution is -2.35. The number of amides is 1. The Morgan fingerprint density at radius 3 is 2.84 bits per heavy atom. The highest BCUT2D eigenvalue weighted by atomic mass is 16.2. The number of nitrogens with zero attached hydrogens (tertiary/aromatic N) is 2. The van der Waals surface area contributed by atoms with Crippen LogP contribution in [0.1, 0.15) is 43.5 Å². The summed E-state index contributed by atoms with van der Waals surface area (Å²) in [6.45, 7) is 5.24. The van der Waals surface area contributed by atoms with E-state index in [9.17, 15) is 4.79 Å². The number of hydrogen-bond acceptors (Lipinski definition) is 3. The van der Waals surface area contributed by atoms with Crippen molar-refractivity contribution in [2.45, 2.75) is 39.2 Å². The SMILES string of the molecule is CNc1cnccc1C(=O)N(CCC(C)C)C1CC1. The van der Waals surface area contributed by atoms with Gasteiger partial charge in [0.25, 0.3) is 5.91 Å². The summed E-state index contributed by atoms with van der Waals surface area (Å²) in [5.41, 5.74) is 1.54. The van der Waals surface area contributed by atoms with Crippen LogP contribution in [0.15, 0.2) is 18.5 Å². The largest absolute Gasteiger partial charge is 0.386 e. The van der Waals surface area contributed by atoms with Crippen molar-refractivity contribution in [2.75, 3.05) is 18.9 Å². The van der Waals surface area contributed by atoms with Crippen LogP contribution in [0, 0.1) is 5.92 Å². The van der Waals surface area contributed by atoms with E-state index < -0.39 is 0 Å². The molecule has 2 rings (SSSR count). The number of hydrogen-bond donors (Lipinski definition) is 1. The second kappa shape index (κ2) is 6.04. The summed E-state index contributed by atoms with van der Waals surface area (Å²) in [5.74, 6) is 0.755. The smallest absolute Gasteiger partial charge is 0.256 e. The third-order valence-corrected chi connectivity index (χ3v) is 3.52. The van der Waals surface area contributed by atoms with Gasteiger partial charge < -0.3 is 10.2 Å². The Kier molecular flexibility index (Phi) is 4.40. The summed E-state index contributed by atoms with van der Waals surface area (Å²) in [6.07, 6.45) is 6.73. The molecule has 1 fully saturated rings. The molecule has 1 saturated carbocycles. The van der Waals surface area contributed by atoms with Crippen molar-refractivity contribution in [3.05, 3.63) is 24.0 Å². The maximum Gasteiger partial charge on any atom is 0.256 e. The Hall–Kier alpha value is -1.58. The zero-order valence-electron chi connectivity index (χ0n) is 12.0. The summed E-state index contributed by atoms with van der Waals surface area (Å²) >= 11 is 0. The molecule has 0 unspecified atom stereocenters. The maximum absolute atomic E-state index is 12.7. The second-order valence-electron chi connectivity index (χ2n) is 5.58. The van der Waals surface area contributed by atoms with Crippen molar-refractivity contribution in [2.24, 2.45) is 5.92 Å². The van der Waals surface area contributed by atoms with E-state index in [-0.39, 0.29) is 5.91 Å². The van der Waals surface area contributed by atoms with E-state index in [2.05, 4.69) is 24.1 Å². The molecule has 1 heterocycles. The van der Waals surface area contributed by atoms with E-state index in [1.807, 2.05) is 11.9 Å². The first-order valence-corrected chi connectivity index (χ1v) is 7.06. The van der Waals surface area contributed by atoms with Crippen LogP contribution < -0.4 is 5.32 Å². The van der Waals surface area contributed by atoms with E-state index in [1.165, 1.54) is 0 Å². The minimum atomic E-state index is 0.134. The second-order valence-corrected chi connectivity index (χ2v) is 5.58. The normalized spacial score (nSPS) is 14.5. The lowest BCUT2D eigenvalue weighted by molar-refractivity contribution is 0.0736. The van der Waals surface area contributed by atoms with Crippen molar-refractivity contribution >= 4 is 11.6 Å². The summed E-state index contributed by atoms with van der Waals surface area (Å²) in [6, 6.07) is 2.25. The van der Waals surface area contributed by atoms with Gasteiger partial charge in [-0.15, -0.1) is 0 Å². The molecule has 19 heavy (non-hydrogen) atoms. The fraction of sp³-hybridized carbons (Fsp3) is 0.600. The van der Waals surface area contributed by atoms with Gasteiger partial charge in [0, 0.05) is 25.8 Å². The quantitative estimate of drug-likeness (QED) is 0.856. The first-order chi connectivity index (χ1) is 9.13. The molecule has 1 N–H and O–H groups in total. The highest BCUT2D eigenvalue weighted by Crippen LogP contribution is 2.30. The first kappa shape index (κ1) is 13.8. The lowest BCUT2D eigenvalue weighted by Gasteiger charge is -2.24. The van der Waals surface area contributed by atoms with Crippen molar-refractivity contribution in [1.82, 2.24) is 9.88 Å². The highest BCUT2D eigenvalue weighted by Gasteiger charge is 2.33. The van der Waals surface area contributed by atoms with Gasteiger partial charge in [-0.05, 0) is 31.2 Å². The minimum Gasteiger partial charge on any atom is -0.386 e. The van der Waals surface area contributed by atoms with Gasteiger partial charge in [0.15, 0.2) is 0 Å². The molecule has 104 valence electrons. The van der Waals surface area contributed by atoms with Gasteiger partial charge in [-0.3, -0.25) is 9.78 Å². The molecule has 0 bridgehead atoms. The van der Waals surface area contributed by atoms with Gasteiger partial charge in [0.1, 0.15) is 0 Å². The average Bonchev–Trinajstić information content (AvgIpc) is 3.23. The predicted octanol–water partition coefficient (Wildman–Crippen LogP) is 2.77. The highest BCUT2D eigenvalue weighted by molar-refractivity contribution is 5.99. The molecule has 4 heteroatoms. The van der Waals surface area contributed by atoms with E-state index >= 15 is 0 Å². The fourth-order valence-electron chi connectivity index (χ4n) is 2.17. The van der Waals surface area contributed by atoms with E-state index in [0.717, 1.165) is 37.1 Å². The van der Waals surface area contributed by atoms with Gasteiger partial charge in [0.05, 0.1) is 17.4 Å². The van der Waals surface area contributed by atoms with Gasteiger partial charge in [0.2, 0.25) is 0 Å². The number of carbonyl (C=O) groups excluding carboxylic acids is 1. The number of aromatic nitrogens is 1. The topological polar surface area (TPSA) is 45.2 Å². The fourth-order valence-corrected chi connectivity index (χ4v) is 2.17. The molecule has 0 aromatic carbocycles. The van der Waals surface area contributed by atoms with Crippen LogP contribution >= 0.6 is 0 Å². The average molecular weight is 261 g/mol. The summed E-state index contributed by atoms with van der Waals surface area (Å²) in [5, 5.41) is 3.05. The Bertz CT molecular complexity index is 441. The number of nitrogens with one attached hydrogen (secondary N) is 1. The van der Waals surface area contributed by atoms with Crippen LogP contribution in [0.4, 0.5) is 5.69 Å². The molecular formula is C15H23N3O. The Labute approximate surface area is 115 Å². The molecule has 0 radical (unpaired) electrons. The number of pyridine rings is 1. The van der Waals surface area contributed by atoms with Crippen molar-refractivity contribution < 1.29 is 4.79 Å². The number of rotatable bonds is 6. The molecule has 1 amide bonds. The summed E-state index contributed by atoms with van der Waals surface area (Å²) in [7, 11) is 1.82. The van der Waals surface area contributed by atoms with Crippen LogP contribution in [0.25, 0.3) is 0 Å². The molecule has 0 atom stereocenters. The third kappa shape index (κ3) is 3.46. The van der Waals surface area contributed by atoms with E-state index in [4.69, 9.17) is 0 Å².